The summed E-state index contributed by atoms with van der Waals surface area (Å²) < 4.78 is 5.11. The molecule has 5 nitrogen and oxygen atoms in total. The van der Waals surface area contributed by atoms with Gasteiger partial charge in [-0.1, -0.05) is 0 Å². The molecule has 2 aromatic rings. The molecule has 1 unspecified atom stereocenters. The summed E-state index contributed by atoms with van der Waals surface area (Å²) in [4.78, 5) is 21.0. The Labute approximate surface area is 140 Å². The molecule has 0 spiro atoms. The van der Waals surface area contributed by atoms with E-state index in [2.05, 4.69) is 20.7 Å². The second-order valence-corrected chi connectivity index (χ2v) is 7.05. The topological polar surface area (TPSA) is 67.0 Å². The predicted octanol–water partition coefficient (Wildman–Crippen LogP) is 2.50. The molecule has 1 aliphatic rings. The number of rotatable bonds is 6. The monoisotopic (exact) mass is 333 g/mol. The van der Waals surface area contributed by atoms with Crippen LogP contribution in [0.4, 0.5) is 0 Å². The lowest BCUT2D eigenvalue weighted by atomic mass is 9.95. The van der Waals surface area contributed by atoms with E-state index in [1.54, 1.807) is 24.5 Å². The molecule has 0 saturated carbocycles. The van der Waals surface area contributed by atoms with E-state index in [9.17, 15) is 4.79 Å². The summed E-state index contributed by atoms with van der Waals surface area (Å²) in [5.74, 6) is 0.702. The first-order chi connectivity index (χ1) is 11.2. The van der Waals surface area contributed by atoms with Crippen molar-refractivity contribution < 1.29 is 4.74 Å². The van der Waals surface area contributed by atoms with Crippen molar-refractivity contribution >= 4 is 11.3 Å². The highest BCUT2D eigenvalue weighted by atomic mass is 32.1. The summed E-state index contributed by atoms with van der Waals surface area (Å²) in [5, 5.41) is 5.46. The molecule has 0 fully saturated rings. The first-order valence-corrected chi connectivity index (χ1v) is 8.97. The Kier molecular flexibility index (Phi) is 5.25. The number of H-pyrrole nitrogens is 1. The number of hydrogen-bond donors (Lipinski definition) is 2. The van der Waals surface area contributed by atoms with Crippen LogP contribution in [0.5, 0.6) is 0 Å². The van der Waals surface area contributed by atoms with Crippen molar-refractivity contribution in [3.63, 3.8) is 0 Å². The van der Waals surface area contributed by atoms with E-state index in [4.69, 9.17) is 4.74 Å². The lowest BCUT2D eigenvalue weighted by molar-refractivity contribution is 0.171. The van der Waals surface area contributed by atoms with Crippen molar-refractivity contribution in [1.29, 1.82) is 0 Å². The van der Waals surface area contributed by atoms with Gasteiger partial charge >= 0.3 is 0 Å². The Balaban J connectivity index is 1.83. The minimum Gasteiger partial charge on any atom is -0.383 e. The van der Waals surface area contributed by atoms with Crippen LogP contribution in [0, 0.1) is 0 Å². The van der Waals surface area contributed by atoms with Crippen LogP contribution in [-0.4, -0.2) is 29.7 Å². The quantitative estimate of drug-likeness (QED) is 0.852. The van der Waals surface area contributed by atoms with Crippen LogP contribution >= 0.6 is 11.3 Å². The molecule has 2 N–H and O–H groups in total. The zero-order valence-corrected chi connectivity index (χ0v) is 14.5. The van der Waals surface area contributed by atoms with E-state index in [-0.39, 0.29) is 11.6 Å². The number of ether oxygens (including phenoxy) is 1. The van der Waals surface area contributed by atoms with Gasteiger partial charge in [0.25, 0.3) is 5.56 Å². The van der Waals surface area contributed by atoms with Crippen LogP contribution in [0.3, 0.4) is 0 Å². The van der Waals surface area contributed by atoms with Gasteiger partial charge in [-0.15, -0.1) is 11.3 Å². The average Bonchev–Trinajstić information content (AvgIpc) is 2.97. The van der Waals surface area contributed by atoms with Crippen molar-refractivity contribution in [3.05, 3.63) is 37.9 Å². The minimum atomic E-state index is -0.0954. The Morgan fingerprint density at radius 2 is 2.26 bits per heavy atom. The van der Waals surface area contributed by atoms with Crippen LogP contribution in [0.15, 0.2) is 16.2 Å². The third-order valence-electron chi connectivity index (χ3n) is 4.16. The summed E-state index contributed by atoms with van der Waals surface area (Å²) in [6.07, 6.45) is 4.72. The molecule has 3 rings (SSSR count). The number of hydrogen-bond acceptors (Lipinski definition) is 5. The Bertz CT molecular complexity index is 723. The van der Waals surface area contributed by atoms with Crippen LogP contribution < -0.4 is 10.9 Å². The number of methoxy groups -OCH3 is 1. The van der Waals surface area contributed by atoms with E-state index >= 15 is 0 Å². The van der Waals surface area contributed by atoms with Gasteiger partial charge in [-0.25, -0.2) is 4.98 Å². The Hall–Kier alpha value is -1.50. The second kappa shape index (κ2) is 7.38. The third-order valence-corrected chi connectivity index (χ3v) is 5.25. The second-order valence-electron chi connectivity index (χ2n) is 6.08. The van der Waals surface area contributed by atoms with Gasteiger partial charge in [0.2, 0.25) is 0 Å². The summed E-state index contributed by atoms with van der Waals surface area (Å²) in [7, 11) is 1.68. The van der Waals surface area contributed by atoms with E-state index in [0.29, 0.717) is 19.0 Å². The van der Waals surface area contributed by atoms with Crippen LogP contribution in [0.25, 0.3) is 11.4 Å². The fraction of sp³-hybridized carbons (Fsp3) is 0.529. The van der Waals surface area contributed by atoms with Crippen LogP contribution in [0.1, 0.15) is 35.9 Å². The predicted molar refractivity (Wildman–Crippen MR) is 93.0 cm³/mol. The first-order valence-electron chi connectivity index (χ1n) is 8.09. The van der Waals surface area contributed by atoms with Crippen LogP contribution in [0.2, 0.25) is 0 Å². The van der Waals surface area contributed by atoms with Gasteiger partial charge < -0.3 is 15.0 Å². The van der Waals surface area contributed by atoms with E-state index in [1.807, 2.05) is 6.92 Å². The molecule has 2 aromatic heterocycles. The van der Waals surface area contributed by atoms with Gasteiger partial charge in [-0.05, 0) is 38.2 Å². The highest BCUT2D eigenvalue weighted by Crippen LogP contribution is 2.34. The molecule has 1 aliphatic carbocycles. The molecule has 0 aliphatic heterocycles. The Morgan fingerprint density at radius 3 is 3.09 bits per heavy atom. The smallest absolute Gasteiger partial charge is 0.251 e. The fourth-order valence-electron chi connectivity index (χ4n) is 3.01. The summed E-state index contributed by atoms with van der Waals surface area (Å²) in [6, 6.07) is 1.79. The van der Waals surface area contributed by atoms with Crippen molar-refractivity contribution in [2.45, 2.75) is 45.2 Å². The van der Waals surface area contributed by atoms with Crippen molar-refractivity contribution in [2.75, 3.05) is 13.7 Å². The minimum absolute atomic E-state index is 0.0954. The Morgan fingerprint density at radius 1 is 1.43 bits per heavy atom. The van der Waals surface area contributed by atoms with Crippen LogP contribution in [-0.2, 0) is 24.1 Å². The molecule has 2 heterocycles. The van der Waals surface area contributed by atoms with Gasteiger partial charge in [0, 0.05) is 41.6 Å². The number of aryl methyl sites for hydroxylation is 1. The maximum Gasteiger partial charge on any atom is 0.251 e. The molecular weight excluding hydrogens is 310 g/mol. The van der Waals surface area contributed by atoms with Crippen molar-refractivity contribution in [3.8, 4) is 11.4 Å². The first kappa shape index (κ1) is 16.4. The standard InChI is InChI=1S/C17H23N3O2S/c1-11(9-22-2)18-8-12-7-16(21)20-17(19-12)14-10-23-15-6-4-3-5-13(14)15/h7,10-11,18H,3-6,8-9H2,1-2H3,(H,19,20,21). The number of nitrogens with zero attached hydrogens (tertiary/aromatic N) is 1. The molecule has 0 amide bonds. The van der Waals surface area contributed by atoms with Crippen molar-refractivity contribution in [1.82, 2.24) is 15.3 Å². The maximum absolute atomic E-state index is 12.0. The molecule has 0 bridgehead atoms. The van der Waals surface area contributed by atoms with Gasteiger partial charge in [0.15, 0.2) is 0 Å². The van der Waals surface area contributed by atoms with Gasteiger partial charge in [-0.3, -0.25) is 4.79 Å². The number of aromatic nitrogens is 2. The molecular formula is C17H23N3O2S. The highest BCUT2D eigenvalue weighted by Gasteiger charge is 2.18. The lowest BCUT2D eigenvalue weighted by Gasteiger charge is -2.14. The van der Waals surface area contributed by atoms with E-state index < -0.39 is 0 Å². The number of aromatic amines is 1. The van der Waals surface area contributed by atoms with Gasteiger partial charge in [0.1, 0.15) is 5.82 Å². The molecule has 0 saturated heterocycles. The lowest BCUT2D eigenvalue weighted by Crippen LogP contribution is -2.30. The molecule has 6 heteroatoms. The maximum atomic E-state index is 12.0. The molecule has 0 aromatic carbocycles. The highest BCUT2D eigenvalue weighted by molar-refractivity contribution is 7.10. The average molecular weight is 333 g/mol. The van der Waals surface area contributed by atoms with E-state index in [0.717, 1.165) is 24.1 Å². The number of fused-ring (bicyclic) bond motifs is 1. The molecule has 0 radical (unpaired) electrons. The summed E-state index contributed by atoms with van der Waals surface area (Å²) >= 11 is 1.79. The summed E-state index contributed by atoms with van der Waals surface area (Å²) in [5.41, 5.74) is 3.15. The molecule has 124 valence electrons. The SMILES string of the molecule is COCC(C)NCc1cc(=O)[nH]c(-c2csc3c2CCCC3)n1. The van der Waals surface area contributed by atoms with E-state index in [1.165, 1.54) is 23.3 Å². The van der Waals surface area contributed by atoms with Gasteiger partial charge in [0.05, 0.1) is 12.3 Å². The largest absolute Gasteiger partial charge is 0.383 e. The normalized spacial score (nSPS) is 15.4. The number of thiophene rings is 1. The fourth-order valence-corrected chi connectivity index (χ4v) is 4.14. The third kappa shape index (κ3) is 3.88. The number of nitrogens with one attached hydrogen (secondary N) is 2. The van der Waals surface area contributed by atoms with Crippen molar-refractivity contribution in [2.24, 2.45) is 0 Å². The molecule has 1 atom stereocenters. The van der Waals surface area contributed by atoms with Gasteiger partial charge in [-0.2, -0.15) is 0 Å². The zero-order valence-electron chi connectivity index (χ0n) is 13.6. The summed E-state index contributed by atoms with van der Waals surface area (Å²) in [6.45, 7) is 3.24. The molecule has 23 heavy (non-hydrogen) atoms. The zero-order chi connectivity index (χ0) is 16.2.